The topological polar surface area (TPSA) is 108 Å². The van der Waals surface area contributed by atoms with E-state index >= 15 is 0 Å². The van der Waals surface area contributed by atoms with Crippen LogP contribution in [0.2, 0.25) is 0 Å². The summed E-state index contributed by atoms with van der Waals surface area (Å²) in [5, 5.41) is 22.2. The van der Waals surface area contributed by atoms with Crippen LogP contribution in [0.3, 0.4) is 0 Å². The van der Waals surface area contributed by atoms with Crippen LogP contribution in [0, 0.1) is 5.82 Å². The van der Waals surface area contributed by atoms with Crippen molar-refractivity contribution in [3.05, 3.63) is 87.4 Å². The molecule has 0 saturated carbocycles. The van der Waals surface area contributed by atoms with Gasteiger partial charge in [-0.3, -0.25) is 14.5 Å². The number of benzene rings is 2. The lowest BCUT2D eigenvalue weighted by Gasteiger charge is -2.21. The molecule has 164 valence electrons. The average molecular weight is 480 g/mol. The van der Waals surface area contributed by atoms with Gasteiger partial charge < -0.3 is 10.2 Å². The van der Waals surface area contributed by atoms with Gasteiger partial charge in [-0.1, -0.05) is 17.4 Å². The third kappa shape index (κ3) is 3.49. The minimum absolute atomic E-state index is 0.0749. The molecule has 2 aromatic carbocycles. The van der Waals surface area contributed by atoms with Crippen molar-refractivity contribution in [2.24, 2.45) is 0 Å². The number of hydrogen-bond donors (Lipinski definition) is 2. The molecular formula is C23H13FN2O5S2. The summed E-state index contributed by atoms with van der Waals surface area (Å²) in [5.41, 5.74) is 0.627. The van der Waals surface area contributed by atoms with Crippen molar-refractivity contribution in [3.63, 3.8) is 0 Å². The number of aromatic carboxylic acids is 1. The largest absolute Gasteiger partial charge is 0.507 e. The van der Waals surface area contributed by atoms with Crippen LogP contribution in [0.4, 0.5) is 9.52 Å². The number of thiophene rings is 1. The SMILES string of the molecule is O=C1C(=O)N(c2nc3ccc(C(=O)O)cc3s2)C(c2cccs2)/C1=C(\O)c1ccc(F)cc1. The lowest BCUT2D eigenvalue weighted by Crippen LogP contribution is -2.28. The number of hydrogen-bond acceptors (Lipinski definition) is 7. The van der Waals surface area contributed by atoms with Crippen LogP contribution in [-0.2, 0) is 9.59 Å². The molecule has 0 spiro atoms. The fourth-order valence-electron chi connectivity index (χ4n) is 3.66. The second-order valence-electron chi connectivity index (χ2n) is 7.18. The minimum atomic E-state index is -1.09. The van der Waals surface area contributed by atoms with Crippen LogP contribution in [0.15, 0.2) is 65.6 Å². The quantitative estimate of drug-likeness (QED) is 0.246. The zero-order chi connectivity index (χ0) is 23.3. The molecule has 2 N–H and O–H groups in total. The first-order chi connectivity index (χ1) is 15.8. The maximum Gasteiger partial charge on any atom is 0.335 e. The Balaban J connectivity index is 1.69. The highest BCUT2D eigenvalue weighted by molar-refractivity contribution is 7.22. The smallest absolute Gasteiger partial charge is 0.335 e. The first-order valence-electron chi connectivity index (χ1n) is 9.59. The Morgan fingerprint density at radius 2 is 1.76 bits per heavy atom. The average Bonchev–Trinajstić information content (AvgIpc) is 3.52. The second-order valence-corrected chi connectivity index (χ2v) is 9.16. The molecule has 7 nitrogen and oxygen atoms in total. The van der Waals surface area contributed by atoms with Crippen LogP contribution in [0.25, 0.3) is 16.0 Å². The molecule has 1 fully saturated rings. The fourth-order valence-corrected chi connectivity index (χ4v) is 5.51. The number of Topliss-reactive ketones (excluding diaryl/α,β-unsaturated/α-hetero) is 1. The van der Waals surface area contributed by atoms with E-state index in [0.717, 1.165) is 23.5 Å². The predicted molar refractivity (Wildman–Crippen MR) is 122 cm³/mol. The van der Waals surface area contributed by atoms with E-state index in [9.17, 15) is 29.0 Å². The Bertz CT molecular complexity index is 1460. The van der Waals surface area contributed by atoms with E-state index < -0.39 is 35.3 Å². The van der Waals surface area contributed by atoms with Gasteiger partial charge in [0.25, 0.3) is 5.78 Å². The normalized spacial score (nSPS) is 17.7. The van der Waals surface area contributed by atoms with Gasteiger partial charge >= 0.3 is 11.9 Å². The first-order valence-corrected chi connectivity index (χ1v) is 11.3. The predicted octanol–water partition coefficient (Wildman–Crippen LogP) is 4.82. The number of halogens is 1. The third-order valence-electron chi connectivity index (χ3n) is 5.20. The van der Waals surface area contributed by atoms with Crippen LogP contribution in [0.1, 0.15) is 26.8 Å². The van der Waals surface area contributed by atoms with Crippen molar-refractivity contribution in [2.75, 3.05) is 4.90 Å². The van der Waals surface area contributed by atoms with E-state index in [1.165, 1.54) is 46.6 Å². The number of aliphatic hydroxyl groups is 1. The maximum absolute atomic E-state index is 13.4. The van der Waals surface area contributed by atoms with Gasteiger partial charge in [0.15, 0.2) is 5.13 Å². The Kier molecular flexibility index (Phi) is 5.03. The molecule has 1 saturated heterocycles. The molecule has 1 atom stereocenters. The first kappa shape index (κ1) is 21.0. The number of carbonyl (C=O) groups excluding carboxylic acids is 2. The molecule has 0 bridgehead atoms. The molecule has 1 aliphatic heterocycles. The highest BCUT2D eigenvalue weighted by Gasteiger charge is 2.48. The lowest BCUT2D eigenvalue weighted by atomic mass is 10.00. The van der Waals surface area contributed by atoms with Gasteiger partial charge in [-0.25, -0.2) is 14.2 Å². The molecule has 1 unspecified atom stereocenters. The molecule has 5 rings (SSSR count). The van der Waals surface area contributed by atoms with Crippen molar-refractivity contribution in [1.82, 2.24) is 4.98 Å². The summed E-state index contributed by atoms with van der Waals surface area (Å²) in [7, 11) is 0. The Morgan fingerprint density at radius 1 is 1.03 bits per heavy atom. The number of thiazole rings is 1. The maximum atomic E-state index is 13.4. The summed E-state index contributed by atoms with van der Waals surface area (Å²) in [5.74, 6) is -3.76. The van der Waals surface area contributed by atoms with Gasteiger partial charge in [0.1, 0.15) is 17.6 Å². The lowest BCUT2D eigenvalue weighted by molar-refractivity contribution is -0.132. The van der Waals surface area contributed by atoms with Crippen LogP contribution in [-0.4, -0.2) is 32.9 Å². The summed E-state index contributed by atoms with van der Waals surface area (Å²) in [6, 6.07) is 11.9. The summed E-state index contributed by atoms with van der Waals surface area (Å²) >= 11 is 2.38. The molecular weight excluding hydrogens is 467 g/mol. The van der Waals surface area contributed by atoms with E-state index in [4.69, 9.17) is 0 Å². The number of nitrogens with zero attached hydrogens (tertiary/aromatic N) is 2. The summed E-state index contributed by atoms with van der Waals surface area (Å²) < 4.78 is 13.9. The number of carbonyl (C=O) groups is 3. The molecule has 3 heterocycles. The van der Waals surface area contributed by atoms with Gasteiger partial charge in [0.2, 0.25) is 0 Å². The number of aliphatic hydroxyl groups excluding tert-OH is 1. The molecule has 1 amide bonds. The minimum Gasteiger partial charge on any atom is -0.507 e. The number of fused-ring (bicyclic) bond motifs is 1. The second kappa shape index (κ2) is 7.91. The number of anilines is 1. The van der Waals surface area contributed by atoms with Crippen molar-refractivity contribution >= 4 is 61.4 Å². The number of aromatic nitrogens is 1. The molecule has 0 aliphatic carbocycles. The van der Waals surface area contributed by atoms with Gasteiger partial charge in [-0.15, -0.1) is 11.3 Å². The number of ketones is 1. The van der Waals surface area contributed by atoms with Crippen molar-refractivity contribution in [1.29, 1.82) is 0 Å². The number of rotatable bonds is 4. The molecule has 1 aliphatic rings. The Morgan fingerprint density at radius 3 is 2.42 bits per heavy atom. The molecule has 0 radical (unpaired) electrons. The van der Waals surface area contributed by atoms with E-state index in [1.54, 1.807) is 17.5 Å². The highest BCUT2D eigenvalue weighted by atomic mass is 32.1. The van der Waals surface area contributed by atoms with Crippen molar-refractivity contribution < 1.29 is 29.0 Å². The highest BCUT2D eigenvalue weighted by Crippen LogP contribution is 2.45. The molecule has 2 aromatic heterocycles. The Hall–Kier alpha value is -3.89. The standard InChI is InChI=1S/C23H13FN2O5S2/c24-13-6-3-11(4-7-13)19(27)17-18(15-2-1-9-32-15)26(21(29)20(17)28)23-25-14-8-5-12(22(30)31)10-16(14)33-23/h1-10,18,27H,(H,30,31)/b19-17+. The van der Waals surface area contributed by atoms with Crippen LogP contribution >= 0.6 is 22.7 Å². The Labute approximate surface area is 193 Å². The molecule has 4 aromatic rings. The molecule has 33 heavy (non-hydrogen) atoms. The van der Waals surface area contributed by atoms with Gasteiger partial charge in [-0.2, -0.15) is 0 Å². The van der Waals surface area contributed by atoms with Crippen LogP contribution in [0.5, 0.6) is 0 Å². The van der Waals surface area contributed by atoms with Gasteiger partial charge in [0, 0.05) is 10.4 Å². The van der Waals surface area contributed by atoms with Crippen LogP contribution < -0.4 is 4.90 Å². The van der Waals surface area contributed by atoms with E-state index in [1.807, 2.05) is 0 Å². The van der Waals surface area contributed by atoms with E-state index in [-0.39, 0.29) is 21.8 Å². The van der Waals surface area contributed by atoms with Crippen molar-refractivity contribution in [3.8, 4) is 0 Å². The zero-order valence-corrected chi connectivity index (χ0v) is 18.2. The van der Waals surface area contributed by atoms with Gasteiger partial charge in [-0.05, 0) is 53.9 Å². The molecule has 10 heteroatoms. The monoisotopic (exact) mass is 480 g/mol. The summed E-state index contributed by atoms with van der Waals surface area (Å²) in [4.78, 5) is 43.8. The number of carboxylic acid groups (broad SMARTS) is 1. The number of carboxylic acids is 1. The van der Waals surface area contributed by atoms with E-state index in [0.29, 0.717) is 15.1 Å². The van der Waals surface area contributed by atoms with Crippen molar-refractivity contribution in [2.45, 2.75) is 6.04 Å². The third-order valence-corrected chi connectivity index (χ3v) is 7.15. The zero-order valence-electron chi connectivity index (χ0n) is 16.6. The summed E-state index contributed by atoms with van der Waals surface area (Å²) in [6.07, 6.45) is 0. The fraction of sp³-hybridized carbons (Fsp3) is 0.0435. The summed E-state index contributed by atoms with van der Waals surface area (Å²) in [6.45, 7) is 0. The number of amides is 1. The van der Waals surface area contributed by atoms with E-state index in [2.05, 4.69) is 4.98 Å². The van der Waals surface area contributed by atoms with Gasteiger partial charge in [0.05, 0.1) is 21.4 Å².